The van der Waals surface area contributed by atoms with Crippen molar-refractivity contribution in [1.29, 1.82) is 0 Å². The van der Waals surface area contributed by atoms with E-state index in [4.69, 9.17) is 33.2 Å². The summed E-state index contributed by atoms with van der Waals surface area (Å²) >= 11 is 0. The number of hydrogen-bond donors (Lipinski definition) is 5. The maximum atomic E-state index is 13.8. The van der Waals surface area contributed by atoms with Gasteiger partial charge in [0.15, 0.2) is 30.4 Å². The average molecular weight is 785 g/mol. The van der Waals surface area contributed by atoms with Crippen LogP contribution in [0, 0.1) is 0 Å². The van der Waals surface area contributed by atoms with Crippen molar-refractivity contribution in [2.75, 3.05) is 7.11 Å². The van der Waals surface area contributed by atoms with Crippen LogP contribution in [0.1, 0.15) is 121 Å². The van der Waals surface area contributed by atoms with Crippen molar-refractivity contribution < 1.29 is 77.9 Å². The molecule has 0 bridgehead atoms. The lowest BCUT2D eigenvalue weighted by Crippen LogP contribution is -2.55. The monoisotopic (exact) mass is 784 g/mol. The lowest BCUT2D eigenvalue weighted by molar-refractivity contribution is -0.330. The molecular weight excluding hydrogens is 736 g/mol. The Bertz CT molecular complexity index is 1870. The van der Waals surface area contributed by atoms with Crippen molar-refractivity contribution in [2.24, 2.45) is 0 Å². The summed E-state index contributed by atoms with van der Waals surface area (Å²) in [5.74, 6) is -4.83. The third kappa shape index (κ3) is 7.05. The molecule has 0 spiro atoms. The van der Waals surface area contributed by atoms with E-state index in [1.54, 1.807) is 27.7 Å². The van der Waals surface area contributed by atoms with Crippen molar-refractivity contribution in [3.63, 3.8) is 0 Å². The fraction of sp³-hybridized carbons (Fsp3) is 0.600. The summed E-state index contributed by atoms with van der Waals surface area (Å²) in [6.45, 7) is 6.67. The topological polar surface area (TPSA) is 234 Å². The zero-order chi connectivity index (χ0) is 40.4. The summed E-state index contributed by atoms with van der Waals surface area (Å²) in [5.41, 5.74) is -2.79. The smallest absolute Gasteiger partial charge is 0.316 e. The van der Waals surface area contributed by atoms with Crippen LogP contribution in [0.3, 0.4) is 0 Å². The van der Waals surface area contributed by atoms with E-state index in [0.29, 0.717) is 12.8 Å². The molecule has 3 aliphatic heterocycles. The zero-order valence-electron chi connectivity index (χ0n) is 31.7. The first-order valence-corrected chi connectivity index (χ1v) is 19.0. The number of aromatic hydroxyl groups is 2. The molecule has 2 aromatic rings. The number of ketones is 3. The van der Waals surface area contributed by atoms with Crippen LogP contribution in [0.15, 0.2) is 24.3 Å². The number of methoxy groups -OCH3 is 1. The van der Waals surface area contributed by atoms with E-state index < -0.39 is 108 Å². The van der Waals surface area contributed by atoms with Gasteiger partial charge in [-0.25, -0.2) is 0 Å². The molecule has 0 amide bonds. The van der Waals surface area contributed by atoms with E-state index in [1.807, 2.05) is 0 Å². The van der Waals surface area contributed by atoms with E-state index in [1.165, 1.54) is 24.3 Å². The van der Waals surface area contributed by atoms with Crippen molar-refractivity contribution in [1.82, 2.24) is 0 Å². The van der Waals surface area contributed by atoms with Gasteiger partial charge >= 0.3 is 5.97 Å². The molecule has 13 unspecified atom stereocenters. The number of hydrogen-bond acceptors (Lipinski definition) is 16. The number of ether oxygens (including phenoxy) is 7. The lowest BCUT2D eigenvalue weighted by atomic mass is 9.67. The Labute approximate surface area is 322 Å². The maximum Gasteiger partial charge on any atom is 0.316 e. The summed E-state index contributed by atoms with van der Waals surface area (Å²) < 4.78 is 41.4. The van der Waals surface area contributed by atoms with Gasteiger partial charge in [-0.1, -0.05) is 19.1 Å². The molecule has 304 valence electrons. The molecule has 3 fully saturated rings. The first-order chi connectivity index (χ1) is 26.6. The minimum Gasteiger partial charge on any atom is -0.507 e. The number of phenolic OH excluding ortho intramolecular Hbond substituents is 2. The van der Waals surface area contributed by atoms with Crippen LogP contribution in [-0.4, -0.2) is 123 Å². The van der Waals surface area contributed by atoms with Gasteiger partial charge < -0.3 is 58.7 Å². The minimum atomic E-state index is -1.80. The van der Waals surface area contributed by atoms with E-state index in [-0.39, 0.29) is 64.8 Å². The summed E-state index contributed by atoms with van der Waals surface area (Å²) in [6, 6.07) is 5.32. The number of esters is 1. The number of benzene rings is 2. The lowest BCUT2D eigenvalue weighted by Gasteiger charge is -2.46. The van der Waals surface area contributed by atoms with Crippen molar-refractivity contribution in [3.05, 3.63) is 57.6 Å². The molecule has 2 aliphatic carbocycles. The van der Waals surface area contributed by atoms with E-state index in [2.05, 4.69) is 0 Å². The first kappa shape index (κ1) is 40.4. The Kier molecular flexibility index (Phi) is 11.2. The second-order valence-corrected chi connectivity index (χ2v) is 15.3. The summed E-state index contributed by atoms with van der Waals surface area (Å²) in [4.78, 5) is 52.7. The number of aliphatic hydroxyl groups is 3. The SMILES string of the molecule is CCC1(O)CC(OC2CC(O)C(OC3CC(O)C(OC4CCC(=O)C(C)O4)C(C)O3)C(C)O2)c2c(cc3c(c2O)C(=O)c2c(O)cccc2C3=O)C1C(=O)OC. The number of fused-ring (bicyclic) bond motifs is 3. The number of Topliss-reactive ketones (excluding diaryl/α,β-unsaturated/α-hetero) is 1. The number of phenols is 2. The molecule has 56 heavy (non-hydrogen) atoms. The molecule has 3 heterocycles. The Morgan fingerprint density at radius 3 is 2.07 bits per heavy atom. The van der Waals surface area contributed by atoms with Crippen LogP contribution in [0.4, 0.5) is 0 Å². The fourth-order valence-electron chi connectivity index (χ4n) is 8.77. The van der Waals surface area contributed by atoms with Gasteiger partial charge in [0.2, 0.25) is 5.78 Å². The van der Waals surface area contributed by atoms with Crippen LogP contribution in [0.5, 0.6) is 11.5 Å². The molecule has 7 rings (SSSR count). The Hall–Kier alpha value is -3.84. The summed E-state index contributed by atoms with van der Waals surface area (Å²) in [7, 11) is 1.15. The summed E-state index contributed by atoms with van der Waals surface area (Å²) in [6.07, 6.45) is -9.63. The van der Waals surface area contributed by atoms with Gasteiger partial charge in [0.05, 0.1) is 54.4 Å². The van der Waals surface area contributed by atoms with Gasteiger partial charge in [0.25, 0.3) is 0 Å². The Balaban J connectivity index is 1.10. The van der Waals surface area contributed by atoms with Gasteiger partial charge in [0, 0.05) is 48.8 Å². The molecule has 0 radical (unpaired) electrons. The predicted molar refractivity (Wildman–Crippen MR) is 190 cm³/mol. The van der Waals surface area contributed by atoms with Crippen LogP contribution in [0.2, 0.25) is 0 Å². The standard InChI is InChI=1S/C40H48O16/c1-6-40(49)15-26(31-20(33(40)39(48)50-5)12-21-32(36(31)47)35(46)30-19(34(21)45)8-7-9-23(30)42)54-28-13-24(43)38(18(4)52-28)56-29-14-25(44)37(17(3)53-29)55-27-11-10-22(41)16(2)51-27/h7-9,12,16-18,24-29,33,37-38,42-44,47,49H,6,10-11,13-15H2,1-5H3. The highest BCUT2D eigenvalue weighted by molar-refractivity contribution is 6.30. The highest BCUT2D eigenvalue weighted by atomic mass is 16.7. The van der Waals surface area contributed by atoms with Crippen LogP contribution in [-0.2, 0) is 42.7 Å². The highest BCUT2D eigenvalue weighted by Gasteiger charge is 2.53. The van der Waals surface area contributed by atoms with Crippen LogP contribution in [0.25, 0.3) is 0 Å². The molecule has 0 saturated carbocycles. The summed E-state index contributed by atoms with van der Waals surface area (Å²) in [5, 5.41) is 56.7. The van der Waals surface area contributed by atoms with Crippen molar-refractivity contribution in [3.8, 4) is 11.5 Å². The molecule has 5 aliphatic rings. The molecule has 16 heteroatoms. The fourth-order valence-corrected chi connectivity index (χ4v) is 8.77. The van der Waals surface area contributed by atoms with Crippen molar-refractivity contribution >= 4 is 23.3 Å². The van der Waals surface area contributed by atoms with Gasteiger partial charge in [-0.3, -0.25) is 19.2 Å². The van der Waals surface area contributed by atoms with Gasteiger partial charge in [-0.05, 0) is 44.9 Å². The van der Waals surface area contributed by atoms with E-state index in [0.717, 1.165) is 7.11 Å². The maximum absolute atomic E-state index is 13.8. The van der Waals surface area contributed by atoms with Crippen molar-refractivity contribution in [2.45, 2.75) is 145 Å². The van der Waals surface area contributed by atoms with Gasteiger partial charge in [0.1, 0.15) is 35.7 Å². The molecule has 2 aromatic carbocycles. The third-order valence-corrected chi connectivity index (χ3v) is 11.8. The first-order valence-electron chi connectivity index (χ1n) is 19.0. The average Bonchev–Trinajstić information content (AvgIpc) is 3.14. The molecule has 0 aromatic heterocycles. The second kappa shape index (κ2) is 15.5. The van der Waals surface area contributed by atoms with Gasteiger partial charge in [-0.15, -0.1) is 0 Å². The zero-order valence-corrected chi connectivity index (χ0v) is 31.7. The van der Waals surface area contributed by atoms with E-state index in [9.17, 15) is 44.7 Å². The number of carbonyl (C=O) groups excluding carboxylic acids is 4. The quantitative estimate of drug-likeness (QED) is 0.207. The van der Waals surface area contributed by atoms with Crippen LogP contribution >= 0.6 is 0 Å². The Morgan fingerprint density at radius 1 is 0.857 bits per heavy atom. The van der Waals surface area contributed by atoms with Gasteiger partial charge in [-0.2, -0.15) is 0 Å². The third-order valence-electron chi connectivity index (χ3n) is 11.8. The molecule has 16 nitrogen and oxygen atoms in total. The largest absolute Gasteiger partial charge is 0.507 e. The number of rotatable bonds is 8. The van der Waals surface area contributed by atoms with Crippen LogP contribution < -0.4 is 0 Å². The molecule has 3 saturated heterocycles. The molecule has 13 atom stereocenters. The van der Waals surface area contributed by atoms with E-state index >= 15 is 0 Å². The molecular formula is C40H48O16. The number of carbonyl (C=O) groups is 4. The number of aliphatic hydroxyl groups excluding tert-OH is 2. The Morgan fingerprint density at radius 2 is 1.48 bits per heavy atom. The second-order valence-electron chi connectivity index (χ2n) is 15.3. The highest BCUT2D eigenvalue weighted by Crippen LogP contribution is 2.54. The normalized spacial score (nSPS) is 37.0. The molecule has 5 N–H and O–H groups in total. The predicted octanol–water partition coefficient (Wildman–Crippen LogP) is 2.59. The minimum absolute atomic E-state index is 0.00890.